The van der Waals surface area contributed by atoms with Gasteiger partial charge in [0.25, 0.3) is 5.91 Å². The summed E-state index contributed by atoms with van der Waals surface area (Å²) in [7, 11) is 1.63. The minimum Gasteiger partial charge on any atom is -0.497 e. The maximum absolute atomic E-state index is 13.0. The van der Waals surface area contributed by atoms with Gasteiger partial charge in [0.2, 0.25) is 0 Å². The van der Waals surface area contributed by atoms with Crippen LogP contribution in [0.15, 0.2) is 82.6 Å². The van der Waals surface area contributed by atoms with Crippen molar-refractivity contribution in [2.45, 2.75) is 16.3 Å². The van der Waals surface area contributed by atoms with E-state index in [1.54, 1.807) is 7.11 Å². The molecule has 0 aliphatic rings. The van der Waals surface area contributed by atoms with Crippen LogP contribution in [0.2, 0.25) is 5.02 Å². The van der Waals surface area contributed by atoms with E-state index in [9.17, 15) is 4.79 Å². The second-order valence-corrected chi connectivity index (χ2v) is 7.99. The summed E-state index contributed by atoms with van der Waals surface area (Å²) in [6.45, 7) is 0.462. The third kappa shape index (κ3) is 4.42. The molecule has 3 aromatic carbocycles. The number of H-pyrrole nitrogens is 1. The monoisotopic (exact) mass is 422 g/mol. The summed E-state index contributed by atoms with van der Waals surface area (Å²) in [5.41, 5.74) is 2.43. The Morgan fingerprint density at radius 1 is 1.07 bits per heavy atom. The molecule has 0 aliphatic carbocycles. The first-order valence-electron chi connectivity index (χ1n) is 9.09. The van der Waals surface area contributed by atoms with Crippen molar-refractivity contribution >= 4 is 40.2 Å². The highest BCUT2D eigenvalue weighted by molar-refractivity contribution is 7.99. The van der Waals surface area contributed by atoms with Gasteiger partial charge in [0, 0.05) is 27.9 Å². The second-order valence-electron chi connectivity index (χ2n) is 6.46. The molecule has 1 aromatic heterocycles. The van der Waals surface area contributed by atoms with E-state index in [-0.39, 0.29) is 5.91 Å². The van der Waals surface area contributed by atoms with Gasteiger partial charge >= 0.3 is 0 Å². The average molecular weight is 423 g/mol. The largest absolute Gasteiger partial charge is 0.497 e. The minimum absolute atomic E-state index is 0.152. The van der Waals surface area contributed by atoms with Gasteiger partial charge in [0.15, 0.2) is 0 Å². The number of benzene rings is 3. The highest BCUT2D eigenvalue weighted by Crippen LogP contribution is 2.38. The van der Waals surface area contributed by atoms with Gasteiger partial charge < -0.3 is 15.0 Å². The lowest BCUT2D eigenvalue weighted by atomic mass is 10.2. The van der Waals surface area contributed by atoms with E-state index in [0.717, 1.165) is 32.0 Å². The Balaban J connectivity index is 1.68. The third-order valence-electron chi connectivity index (χ3n) is 4.51. The maximum atomic E-state index is 13.0. The molecule has 0 aliphatic heterocycles. The summed E-state index contributed by atoms with van der Waals surface area (Å²) in [6, 6.07) is 23.2. The van der Waals surface area contributed by atoms with Crippen LogP contribution in [0.3, 0.4) is 0 Å². The van der Waals surface area contributed by atoms with Gasteiger partial charge in [-0.25, -0.2) is 0 Å². The van der Waals surface area contributed by atoms with Crippen molar-refractivity contribution in [1.29, 1.82) is 0 Å². The summed E-state index contributed by atoms with van der Waals surface area (Å²) in [4.78, 5) is 18.1. The number of ether oxygens (including phenoxy) is 1. The number of fused-ring (bicyclic) bond motifs is 1. The number of methoxy groups -OCH3 is 1. The Hall–Kier alpha value is -2.89. The predicted molar refractivity (Wildman–Crippen MR) is 118 cm³/mol. The topological polar surface area (TPSA) is 54.1 Å². The minimum atomic E-state index is -0.152. The molecule has 0 saturated carbocycles. The first-order valence-corrected chi connectivity index (χ1v) is 10.3. The summed E-state index contributed by atoms with van der Waals surface area (Å²) in [6.07, 6.45) is 0. The maximum Gasteiger partial charge on any atom is 0.269 e. The quantitative estimate of drug-likeness (QED) is 0.406. The smallest absolute Gasteiger partial charge is 0.269 e. The van der Waals surface area contributed by atoms with Crippen LogP contribution >= 0.6 is 23.4 Å². The van der Waals surface area contributed by atoms with E-state index >= 15 is 0 Å². The van der Waals surface area contributed by atoms with E-state index < -0.39 is 0 Å². The SMILES string of the molecule is COc1ccc2c(Sc3ccc(Cl)cc3)c(C(=O)NCc3ccccc3)[nH]c2c1. The molecule has 1 heterocycles. The lowest BCUT2D eigenvalue weighted by Crippen LogP contribution is -2.23. The molecule has 0 saturated heterocycles. The summed E-state index contributed by atoms with van der Waals surface area (Å²) in [5, 5.41) is 4.65. The van der Waals surface area contributed by atoms with Gasteiger partial charge in [0.05, 0.1) is 17.5 Å². The average Bonchev–Trinajstić information content (AvgIpc) is 3.12. The van der Waals surface area contributed by atoms with Crippen LogP contribution in [0.4, 0.5) is 0 Å². The predicted octanol–water partition coefficient (Wildman–Crippen LogP) is 5.91. The van der Waals surface area contributed by atoms with E-state index in [0.29, 0.717) is 17.3 Å². The van der Waals surface area contributed by atoms with Gasteiger partial charge in [-0.2, -0.15) is 0 Å². The normalized spacial score (nSPS) is 10.8. The number of nitrogens with one attached hydrogen (secondary N) is 2. The molecule has 0 atom stereocenters. The van der Waals surface area contributed by atoms with Crippen LogP contribution in [0.1, 0.15) is 16.1 Å². The highest BCUT2D eigenvalue weighted by atomic mass is 35.5. The van der Waals surface area contributed by atoms with Crippen molar-refractivity contribution in [2.75, 3.05) is 7.11 Å². The van der Waals surface area contributed by atoms with E-state index in [4.69, 9.17) is 16.3 Å². The molecule has 0 fully saturated rings. The van der Waals surface area contributed by atoms with Gasteiger partial charge in [-0.05, 0) is 42.0 Å². The van der Waals surface area contributed by atoms with Crippen LogP contribution < -0.4 is 10.1 Å². The number of halogens is 1. The Bertz CT molecular complexity index is 1140. The van der Waals surface area contributed by atoms with Gasteiger partial charge in [-0.1, -0.05) is 53.7 Å². The lowest BCUT2D eigenvalue weighted by molar-refractivity contribution is 0.0944. The van der Waals surface area contributed by atoms with E-state index in [2.05, 4.69) is 10.3 Å². The fourth-order valence-corrected chi connectivity index (χ4v) is 4.20. The summed E-state index contributed by atoms with van der Waals surface area (Å²) < 4.78 is 5.33. The zero-order chi connectivity index (χ0) is 20.2. The molecule has 0 spiro atoms. The molecule has 1 amide bonds. The Kier molecular flexibility index (Phi) is 5.79. The van der Waals surface area contributed by atoms with E-state index in [1.165, 1.54) is 11.8 Å². The molecular weight excluding hydrogens is 404 g/mol. The Morgan fingerprint density at radius 3 is 2.55 bits per heavy atom. The number of hydrogen-bond donors (Lipinski definition) is 2. The number of carbonyl (C=O) groups is 1. The van der Waals surface area contributed by atoms with Crippen LogP contribution in [-0.2, 0) is 6.54 Å². The second kappa shape index (κ2) is 8.64. The Morgan fingerprint density at radius 2 is 1.83 bits per heavy atom. The molecule has 4 nitrogen and oxygen atoms in total. The van der Waals surface area contributed by atoms with Crippen molar-refractivity contribution in [1.82, 2.24) is 10.3 Å². The fourth-order valence-electron chi connectivity index (χ4n) is 3.03. The highest BCUT2D eigenvalue weighted by Gasteiger charge is 2.19. The number of rotatable bonds is 6. The molecule has 4 aromatic rings. The Labute approximate surface area is 178 Å². The van der Waals surface area contributed by atoms with Crippen molar-refractivity contribution in [3.05, 3.63) is 89.1 Å². The first-order chi connectivity index (χ1) is 14.1. The number of amides is 1. The van der Waals surface area contributed by atoms with Crippen LogP contribution in [0.5, 0.6) is 5.75 Å². The zero-order valence-electron chi connectivity index (χ0n) is 15.7. The number of carbonyl (C=O) groups excluding carboxylic acids is 1. The molecule has 29 heavy (non-hydrogen) atoms. The lowest BCUT2D eigenvalue weighted by Gasteiger charge is -2.07. The van der Waals surface area contributed by atoms with Gasteiger partial charge in [-0.3, -0.25) is 4.79 Å². The number of aromatic nitrogens is 1. The van der Waals surface area contributed by atoms with Gasteiger partial charge in [0.1, 0.15) is 11.4 Å². The van der Waals surface area contributed by atoms with E-state index in [1.807, 2.05) is 72.8 Å². The van der Waals surface area contributed by atoms with Crippen molar-refractivity contribution in [2.24, 2.45) is 0 Å². The molecule has 0 bridgehead atoms. The zero-order valence-corrected chi connectivity index (χ0v) is 17.3. The van der Waals surface area contributed by atoms with Crippen molar-refractivity contribution in [3.8, 4) is 5.75 Å². The molecule has 146 valence electrons. The molecule has 6 heteroatoms. The van der Waals surface area contributed by atoms with Crippen molar-refractivity contribution < 1.29 is 9.53 Å². The molecular formula is C23H19ClN2O2S. The molecule has 2 N–H and O–H groups in total. The van der Waals surface area contributed by atoms with Crippen molar-refractivity contribution in [3.63, 3.8) is 0 Å². The summed E-state index contributed by atoms with van der Waals surface area (Å²) >= 11 is 7.54. The third-order valence-corrected chi connectivity index (χ3v) is 5.90. The fraction of sp³-hybridized carbons (Fsp3) is 0.0870. The number of hydrogen-bond acceptors (Lipinski definition) is 3. The first kappa shape index (κ1) is 19.4. The standard InChI is InChI=1S/C23H19ClN2O2S/c1-28-17-9-12-19-20(13-17)26-21(22(19)29-18-10-7-16(24)8-11-18)23(27)25-14-15-5-3-2-4-6-15/h2-13,26H,14H2,1H3,(H,25,27). The molecule has 0 radical (unpaired) electrons. The van der Waals surface area contributed by atoms with Crippen LogP contribution in [0, 0.1) is 0 Å². The van der Waals surface area contributed by atoms with Crippen LogP contribution in [0.25, 0.3) is 10.9 Å². The molecule has 4 rings (SSSR count). The molecule has 0 unspecified atom stereocenters. The van der Waals surface area contributed by atoms with Gasteiger partial charge in [-0.15, -0.1) is 0 Å². The van der Waals surface area contributed by atoms with Crippen LogP contribution in [-0.4, -0.2) is 18.0 Å². The number of aromatic amines is 1. The summed E-state index contributed by atoms with van der Waals surface area (Å²) in [5.74, 6) is 0.582.